The zero-order valence-corrected chi connectivity index (χ0v) is 30.0. The van der Waals surface area contributed by atoms with Gasteiger partial charge in [0.2, 0.25) is 8.07 Å². The first kappa shape index (κ1) is 31.7. The summed E-state index contributed by atoms with van der Waals surface area (Å²) in [6.45, 7) is 4.60. The first-order chi connectivity index (χ1) is 23.1. The Bertz CT molecular complexity index is 2080. The molecule has 0 unspecified atom stereocenters. The molecule has 0 spiro atoms. The van der Waals surface area contributed by atoms with Crippen LogP contribution in [0.1, 0.15) is 25.0 Å². The van der Waals surface area contributed by atoms with E-state index in [0.29, 0.717) is 0 Å². The molecule has 48 heavy (non-hydrogen) atoms. The predicted octanol–water partition coefficient (Wildman–Crippen LogP) is 7.23. The van der Waals surface area contributed by atoms with Crippen molar-refractivity contribution >= 4 is 46.1 Å². The van der Waals surface area contributed by atoms with Gasteiger partial charge in [0.15, 0.2) is 0 Å². The molecular weight excluding hydrogens is 782 g/mol. The van der Waals surface area contributed by atoms with Gasteiger partial charge in [-0.15, -0.1) is 29.8 Å². The van der Waals surface area contributed by atoms with Gasteiger partial charge in [-0.1, -0.05) is 122 Å². The van der Waals surface area contributed by atoms with Gasteiger partial charge in [-0.05, 0) is 57.0 Å². The number of hydrogen-bond donors (Lipinski definition) is 0. The van der Waals surface area contributed by atoms with Crippen molar-refractivity contribution in [2.24, 2.45) is 0 Å². The van der Waals surface area contributed by atoms with Gasteiger partial charge in [-0.25, -0.2) is 0 Å². The van der Waals surface area contributed by atoms with E-state index in [1.807, 2.05) is 24.4 Å². The third-order valence-corrected chi connectivity index (χ3v) is 14.0. The predicted molar refractivity (Wildman–Crippen MR) is 196 cm³/mol. The Morgan fingerprint density at radius 1 is 0.604 bits per heavy atom. The smallest absolute Gasteiger partial charge is 0.352 e. The quantitative estimate of drug-likeness (QED) is 0.131. The number of benzene rings is 5. The number of hydrogen-bond acceptors (Lipinski definition) is 3. The van der Waals surface area contributed by atoms with E-state index >= 15 is 0 Å². The number of nitrogens with zero attached hydrogens (tertiary/aromatic N) is 3. The molecule has 7 aromatic rings. The first-order valence-electron chi connectivity index (χ1n) is 16.0. The van der Waals surface area contributed by atoms with Crippen molar-refractivity contribution < 1.29 is 21.1 Å². The monoisotopic (exact) mass is 814 g/mol. The molecule has 5 heteroatoms. The Morgan fingerprint density at radius 2 is 1.27 bits per heavy atom. The summed E-state index contributed by atoms with van der Waals surface area (Å²) in [6.07, 6.45) is 1.90. The maximum Gasteiger partial charge on any atom is 2.00 e. The van der Waals surface area contributed by atoms with Crippen molar-refractivity contribution in [3.05, 3.63) is 187 Å². The third-order valence-electron chi connectivity index (χ3n) is 9.45. The van der Waals surface area contributed by atoms with Crippen LogP contribution in [0.15, 0.2) is 164 Å². The van der Waals surface area contributed by atoms with E-state index < -0.39 is 8.07 Å². The van der Waals surface area contributed by atoms with Crippen molar-refractivity contribution in [1.29, 1.82) is 0 Å². The second-order valence-electron chi connectivity index (χ2n) is 12.5. The maximum atomic E-state index is 5.54. The zero-order valence-electron chi connectivity index (χ0n) is 26.7. The molecule has 0 bridgehead atoms. The van der Waals surface area contributed by atoms with Crippen molar-refractivity contribution in [2.45, 2.75) is 19.3 Å². The number of rotatable bonds is 6. The van der Waals surface area contributed by atoms with Crippen LogP contribution < -0.4 is 25.9 Å². The minimum Gasteiger partial charge on any atom is -0.352 e. The molecule has 0 saturated heterocycles. The van der Waals surface area contributed by atoms with Crippen LogP contribution in [-0.2, 0) is 26.5 Å². The van der Waals surface area contributed by atoms with Crippen LogP contribution in [0, 0.1) is 12.1 Å². The summed E-state index contributed by atoms with van der Waals surface area (Å²) >= 11 is 0. The average molecular weight is 815 g/mol. The topological polar surface area (TPSA) is 29.0 Å². The summed E-state index contributed by atoms with van der Waals surface area (Å²) < 4.78 is 0. The Kier molecular flexibility index (Phi) is 8.55. The molecule has 0 saturated carbocycles. The Labute approximate surface area is 298 Å². The van der Waals surface area contributed by atoms with Crippen molar-refractivity contribution in [2.75, 3.05) is 4.90 Å². The van der Waals surface area contributed by atoms with E-state index in [4.69, 9.17) is 9.97 Å². The summed E-state index contributed by atoms with van der Waals surface area (Å²) in [5, 5.41) is 4.58. The van der Waals surface area contributed by atoms with Gasteiger partial charge in [0.05, 0.1) is 0 Å². The Balaban J connectivity index is 0.00000364. The fourth-order valence-electron chi connectivity index (χ4n) is 7.19. The van der Waals surface area contributed by atoms with E-state index in [1.165, 1.54) is 21.5 Å². The molecule has 0 radical (unpaired) electrons. The molecule has 5 aromatic carbocycles. The first-order valence-corrected chi connectivity index (χ1v) is 18.0. The molecule has 0 atom stereocenters. The van der Waals surface area contributed by atoms with Crippen LogP contribution in [0.2, 0.25) is 0 Å². The van der Waals surface area contributed by atoms with Crippen LogP contribution >= 0.6 is 0 Å². The van der Waals surface area contributed by atoms with E-state index in [0.717, 1.165) is 39.0 Å². The van der Waals surface area contributed by atoms with Gasteiger partial charge in [-0.2, -0.15) is 24.3 Å². The van der Waals surface area contributed by atoms with Crippen molar-refractivity contribution in [3.8, 4) is 11.3 Å². The number of aromatic nitrogens is 2. The van der Waals surface area contributed by atoms with E-state index in [9.17, 15) is 0 Å². The summed E-state index contributed by atoms with van der Waals surface area (Å²) in [4.78, 5) is 12.9. The molecule has 1 aliphatic heterocycles. The van der Waals surface area contributed by atoms with Crippen LogP contribution in [0.5, 0.6) is 0 Å². The molecule has 2 aromatic heterocycles. The van der Waals surface area contributed by atoms with Crippen LogP contribution in [0.3, 0.4) is 0 Å². The summed E-state index contributed by atoms with van der Waals surface area (Å²) in [6, 6.07) is 62.9. The Morgan fingerprint density at radius 3 is 1.96 bits per heavy atom. The van der Waals surface area contributed by atoms with Crippen molar-refractivity contribution in [3.63, 3.8) is 0 Å². The molecule has 0 N–H and O–H groups in total. The normalized spacial score (nSPS) is 13.2. The van der Waals surface area contributed by atoms with Gasteiger partial charge in [0.25, 0.3) is 0 Å². The number of para-hydroxylation sites is 2. The molecule has 0 amide bonds. The fraction of sp³-hybridized carbons (Fsp3) is 0.0698. The maximum absolute atomic E-state index is 5.54. The average Bonchev–Trinajstić information content (AvgIpc) is 3.14. The summed E-state index contributed by atoms with van der Waals surface area (Å²) in [5.74, 6) is 0. The molecule has 3 heterocycles. The van der Waals surface area contributed by atoms with E-state index in [1.54, 1.807) is 0 Å². The Hall–Kier alpha value is -4.89. The van der Waals surface area contributed by atoms with Gasteiger partial charge in [0, 0.05) is 22.5 Å². The second kappa shape index (κ2) is 13.0. The number of pyridine rings is 2. The van der Waals surface area contributed by atoms with E-state index in [-0.39, 0.29) is 26.5 Å². The minimum atomic E-state index is -2.88. The van der Waals surface area contributed by atoms with Crippen LogP contribution in [0.25, 0.3) is 11.3 Å². The van der Waals surface area contributed by atoms with E-state index in [2.05, 4.69) is 170 Å². The summed E-state index contributed by atoms with van der Waals surface area (Å²) in [7, 11) is -2.88. The largest absolute Gasteiger partial charge is 2.00 e. The summed E-state index contributed by atoms with van der Waals surface area (Å²) in [5.41, 5.74) is 7.30. The van der Waals surface area contributed by atoms with Gasteiger partial charge in [0.1, 0.15) is 0 Å². The van der Waals surface area contributed by atoms with Crippen LogP contribution in [0.4, 0.5) is 17.1 Å². The van der Waals surface area contributed by atoms with Gasteiger partial charge in [-0.3, -0.25) is 4.98 Å². The minimum absolute atomic E-state index is 0. The van der Waals surface area contributed by atoms with Gasteiger partial charge >= 0.3 is 21.1 Å². The molecule has 0 fully saturated rings. The molecule has 1 aliphatic rings. The number of anilines is 3. The third kappa shape index (κ3) is 5.17. The molecule has 234 valence electrons. The second-order valence-corrected chi connectivity index (χ2v) is 16.1. The molecular formula is C43H33N3PtSi. The van der Waals surface area contributed by atoms with Gasteiger partial charge < -0.3 is 9.88 Å². The van der Waals surface area contributed by atoms with Crippen molar-refractivity contribution in [1.82, 2.24) is 9.97 Å². The molecule has 8 rings (SSSR count). The molecule has 3 nitrogen and oxygen atoms in total. The van der Waals surface area contributed by atoms with Crippen LogP contribution in [-0.4, -0.2) is 18.0 Å². The fourth-order valence-corrected chi connectivity index (χ4v) is 11.6. The SMILES string of the molecule is CC1(C)c2ccc(-c3cccc([Si](c4ccccc4)(c4ccccc4)c4ccccn4)n3)[c-]c2N(c2[c-]cccc2)c2ccccc21.[Pt+2]. The molecule has 0 aliphatic carbocycles. The number of fused-ring (bicyclic) bond motifs is 2. The standard InChI is InChI=1S/C43H33N3Si.Pt/c1-43(2)36-23-12-13-25-39(36)46(33-17-6-3-7-18-33)40-31-32(28-29-37(40)43)38-24-16-27-42(45-38)47(34-19-8-4-9-20-34,35-21-10-5-11-22-35)41-26-14-15-30-44-41;/h3-17,19-30H,1-2H3;/q-2;+2. The zero-order chi connectivity index (χ0) is 31.8.